The fourth-order valence-corrected chi connectivity index (χ4v) is 2.48. The van der Waals surface area contributed by atoms with Crippen molar-refractivity contribution in [3.05, 3.63) is 47.0 Å². The minimum atomic E-state index is -0.574. The van der Waals surface area contributed by atoms with Gasteiger partial charge in [0.25, 0.3) is 11.8 Å². The molecule has 0 fully saturated rings. The van der Waals surface area contributed by atoms with Crippen LogP contribution in [0.15, 0.2) is 30.3 Å². The summed E-state index contributed by atoms with van der Waals surface area (Å²) in [5, 5.41) is 11.6. The van der Waals surface area contributed by atoms with Crippen molar-refractivity contribution in [3.8, 4) is 22.9 Å². The molecule has 3 N–H and O–H groups in total. The number of nitriles is 1. The highest BCUT2D eigenvalue weighted by atomic mass is 16.5. The van der Waals surface area contributed by atoms with Gasteiger partial charge in [-0.1, -0.05) is 12.1 Å². The summed E-state index contributed by atoms with van der Waals surface area (Å²) >= 11 is 0. The molecule has 6 nitrogen and oxygen atoms in total. The topological polar surface area (TPSA) is 105 Å². The second-order valence-electron chi connectivity index (χ2n) is 4.76. The minimum Gasteiger partial charge on any atom is -0.497 e. The lowest BCUT2D eigenvalue weighted by atomic mass is 9.93. The minimum absolute atomic E-state index is 0.0224. The molecule has 22 heavy (non-hydrogen) atoms. The Morgan fingerprint density at radius 3 is 2.41 bits per heavy atom. The maximum atomic E-state index is 11.8. The third-order valence-electron chi connectivity index (χ3n) is 3.58. The van der Waals surface area contributed by atoms with Crippen molar-refractivity contribution in [1.29, 1.82) is 5.26 Å². The van der Waals surface area contributed by atoms with E-state index in [0.717, 1.165) is 0 Å². The number of ether oxygens (including phenoxy) is 1. The second kappa shape index (κ2) is 4.90. The molecular formula is C16H11N3O3. The normalized spacial score (nSPS) is 12.5. The van der Waals surface area contributed by atoms with Crippen molar-refractivity contribution in [3.63, 3.8) is 0 Å². The maximum Gasteiger partial charge on any atom is 0.261 e. The number of benzene rings is 2. The van der Waals surface area contributed by atoms with Gasteiger partial charge in [-0.05, 0) is 23.8 Å². The number of nitrogens with one attached hydrogen (secondary N) is 1. The van der Waals surface area contributed by atoms with Gasteiger partial charge in [-0.15, -0.1) is 0 Å². The quantitative estimate of drug-likeness (QED) is 0.647. The number of fused-ring (bicyclic) bond motifs is 1. The number of imide groups is 1. The van der Waals surface area contributed by atoms with Crippen LogP contribution < -0.4 is 15.8 Å². The molecule has 0 unspecified atom stereocenters. The summed E-state index contributed by atoms with van der Waals surface area (Å²) < 4.78 is 5.09. The first kappa shape index (κ1) is 13.6. The summed E-state index contributed by atoms with van der Waals surface area (Å²) in [6.45, 7) is 0. The summed E-state index contributed by atoms with van der Waals surface area (Å²) in [6.07, 6.45) is 0. The summed E-state index contributed by atoms with van der Waals surface area (Å²) in [6, 6.07) is 10.5. The molecule has 1 heterocycles. The van der Waals surface area contributed by atoms with Crippen molar-refractivity contribution >= 4 is 17.5 Å². The first-order valence-corrected chi connectivity index (χ1v) is 6.43. The van der Waals surface area contributed by atoms with E-state index in [0.29, 0.717) is 16.9 Å². The van der Waals surface area contributed by atoms with Gasteiger partial charge in [0.15, 0.2) is 0 Å². The lowest BCUT2D eigenvalue weighted by Gasteiger charge is -2.10. The average molecular weight is 293 g/mol. The maximum absolute atomic E-state index is 11.8. The average Bonchev–Trinajstić information content (AvgIpc) is 2.82. The SMILES string of the molecule is COc1ccc(-c2cc3c(c(N)c2C#N)C(=O)NC3=O)cc1. The summed E-state index contributed by atoms with van der Waals surface area (Å²) in [7, 11) is 1.55. The smallest absolute Gasteiger partial charge is 0.261 e. The monoisotopic (exact) mass is 293 g/mol. The van der Waals surface area contributed by atoms with Crippen LogP contribution in [0.2, 0.25) is 0 Å². The third-order valence-corrected chi connectivity index (χ3v) is 3.58. The molecule has 0 radical (unpaired) electrons. The van der Waals surface area contributed by atoms with E-state index in [9.17, 15) is 14.9 Å². The van der Waals surface area contributed by atoms with E-state index in [1.54, 1.807) is 31.4 Å². The highest BCUT2D eigenvalue weighted by Crippen LogP contribution is 2.35. The molecule has 0 atom stereocenters. The Morgan fingerprint density at radius 1 is 1.14 bits per heavy atom. The van der Waals surface area contributed by atoms with Crippen LogP contribution in [0.1, 0.15) is 26.3 Å². The summed E-state index contributed by atoms with van der Waals surface area (Å²) in [4.78, 5) is 23.6. The van der Waals surface area contributed by atoms with Gasteiger partial charge in [0, 0.05) is 5.56 Å². The molecule has 0 aliphatic carbocycles. The van der Waals surface area contributed by atoms with Crippen LogP contribution in [0.25, 0.3) is 11.1 Å². The lowest BCUT2D eigenvalue weighted by molar-refractivity contribution is 0.0880. The molecule has 3 rings (SSSR count). The molecule has 0 bridgehead atoms. The van der Waals surface area contributed by atoms with E-state index >= 15 is 0 Å². The molecule has 2 aromatic carbocycles. The number of carbonyl (C=O) groups excluding carboxylic acids is 2. The van der Waals surface area contributed by atoms with Gasteiger partial charge in [-0.25, -0.2) is 0 Å². The van der Waals surface area contributed by atoms with E-state index in [1.165, 1.54) is 6.07 Å². The lowest BCUT2D eigenvalue weighted by Crippen LogP contribution is -2.20. The molecule has 108 valence electrons. The van der Waals surface area contributed by atoms with Crippen LogP contribution in [0, 0.1) is 11.3 Å². The second-order valence-corrected chi connectivity index (χ2v) is 4.76. The number of nitrogens with two attached hydrogens (primary N) is 1. The number of anilines is 1. The Bertz CT molecular complexity index is 848. The summed E-state index contributed by atoms with van der Waals surface area (Å²) in [5.41, 5.74) is 7.60. The van der Waals surface area contributed by atoms with Crippen molar-refractivity contribution in [2.45, 2.75) is 0 Å². The standard InChI is InChI=1S/C16H11N3O3/c1-22-9-4-2-8(3-5-9)10-6-11-13(14(18)12(10)7-17)16(21)19-15(11)20/h2-6H,18H2,1H3,(H,19,20,21). The van der Waals surface area contributed by atoms with Crippen LogP contribution in [0.5, 0.6) is 5.75 Å². The Labute approximate surface area is 126 Å². The van der Waals surface area contributed by atoms with Crippen molar-refractivity contribution in [2.75, 3.05) is 12.8 Å². The van der Waals surface area contributed by atoms with Gasteiger partial charge < -0.3 is 10.5 Å². The molecule has 0 saturated carbocycles. The van der Waals surface area contributed by atoms with Gasteiger partial charge in [0.2, 0.25) is 0 Å². The van der Waals surface area contributed by atoms with Crippen molar-refractivity contribution < 1.29 is 14.3 Å². The Balaban J connectivity index is 2.26. The van der Waals surface area contributed by atoms with Crippen LogP contribution in [-0.2, 0) is 0 Å². The predicted molar refractivity (Wildman–Crippen MR) is 79.4 cm³/mol. The highest BCUT2D eigenvalue weighted by Gasteiger charge is 2.32. The molecule has 0 spiro atoms. The van der Waals surface area contributed by atoms with E-state index in [-0.39, 0.29) is 22.4 Å². The van der Waals surface area contributed by atoms with Gasteiger partial charge in [-0.2, -0.15) is 5.26 Å². The molecule has 0 aromatic heterocycles. The van der Waals surface area contributed by atoms with Crippen molar-refractivity contribution in [2.24, 2.45) is 0 Å². The largest absolute Gasteiger partial charge is 0.497 e. The van der Waals surface area contributed by atoms with Crippen LogP contribution in [-0.4, -0.2) is 18.9 Å². The van der Waals surface area contributed by atoms with E-state index in [2.05, 4.69) is 5.32 Å². The number of hydrogen-bond donors (Lipinski definition) is 2. The number of carbonyl (C=O) groups is 2. The number of amides is 2. The number of rotatable bonds is 2. The van der Waals surface area contributed by atoms with Crippen LogP contribution >= 0.6 is 0 Å². The zero-order valence-corrected chi connectivity index (χ0v) is 11.6. The first-order chi connectivity index (χ1) is 10.6. The summed E-state index contributed by atoms with van der Waals surface area (Å²) in [5.74, 6) is -0.412. The molecule has 2 amide bonds. The molecule has 2 aromatic rings. The Hall–Kier alpha value is -3.33. The van der Waals surface area contributed by atoms with Gasteiger partial charge in [-0.3, -0.25) is 14.9 Å². The Morgan fingerprint density at radius 2 is 1.82 bits per heavy atom. The Kier molecular flexibility index (Phi) is 3.04. The van der Waals surface area contributed by atoms with E-state index in [1.807, 2.05) is 6.07 Å². The van der Waals surface area contributed by atoms with Gasteiger partial charge in [0.1, 0.15) is 11.8 Å². The predicted octanol–water partition coefficient (Wildman–Crippen LogP) is 1.70. The first-order valence-electron chi connectivity index (χ1n) is 6.43. The van der Waals surface area contributed by atoms with Gasteiger partial charge >= 0.3 is 0 Å². The molecular weight excluding hydrogens is 282 g/mol. The van der Waals surface area contributed by atoms with Crippen LogP contribution in [0.3, 0.4) is 0 Å². The zero-order chi connectivity index (χ0) is 15.9. The third kappa shape index (κ3) is 1.88. The fraction of sp³-hybridized carbons (Fsp3) is 0.0625. The van der Waals surface area contributed by atoms with E-state index < -0.39 is 11.8 Å². The van der Waals surface area contributed by atoms with Gasteiger partial charge in [0.05, 0.1) is 29.5 Å². The zero-order valence-electron chi connectivity index (χ0n) is 11.6. The molecule has 1 aliphatic rings. The van der Waals surface area contributed by atoms with E-state index in [4.69, 9.17) is 10.5 Å². The molecule has 6 heteroatoms. The number of hydrogen-bond acceptors (Lipinski definition) is 5. The number of nitrogens with zero attached hydrogens (tertiary/aromatic N) is 1. The highest BCUT2D eigenvalue weighted by molar-refractivity contribution is 6.24. The molecule has 0 saturated heterocycles. The van der Waals surface area contributed by atoms with Crippen molar-refractivity contribution in [1.82, 2.24) is 5.32 Å². The van der Waals surface area contributed by atoms with Crippen LogP contribution in [0.4, 0.5) is 5.69 Å². The molecule has 1 aliphatic heterocycles. The number of methoxy groups -OCH3 is 1. The number of nitrogen functional groups attached to an aromatic ring is 1. The fourth-order valence-electron chi connectivity index (χ4n) is 2.48.